The van der Waals surface area contributed by atoms with Crippen molar-refractivity contribution in [2.75, 3.05) is 5.73 Å². The van der Waals surface area contributed by atoms with Crippen molar-refractivity contribution in [1.82, 2.24) is 15.0 Å². The van der Waals surface area contributed by atoms with Crippen LogP contribution in [0, 0.1) is 0 Å². The van der Waals surface area contributed by atoms with Crippen molar-refractivity contribution in [2.24, 2.45) is 5.73 Å². The van der Waals surface area contributed by atoms with Crippen molar-refractivity contribution in [3.63, 3.8) is 0 Å². The maximum atomic E-state index is 11.3. The van der Waals surface area contributed by atoms with E-state index in [4.69, 9.17) is 11.5 Å². The van der Waals surface area contributed by atoms with Crippen LogP contribution in [0.1, 0.15) is 5.56 Å². The van der Waals surface area contributed by atoms with Gasteiger partial charge < -0.3 is 16.5 Å². The van der Waals surface area contributed by atoms with E-state index in [0.717, 1.165) is 5.56 Å². The highest BCUT2D eigenvalue weighted by atomic mass is 16.1. The molecule has 0 saturated carbocycles. The Kier molecular flexibility index (Phi) is 1.56. The molecule has 0 atom stereocenters. The van der Waals surface area contributed by atoms with E-state index in [1.807, 2.05) is 0 Å². The molecule has 6 nitrogen and oxygen atoms in total. The van der Waals surface area contributed by atoms with Gasteiger partial charge in [0.25, 0.3) is 5.56 Å². The van der Waals surface area contributed by atoms with Gasteiger partial charge in [-0.1, -0.05) is 0 Å². The number of nitrogens with two attached hydrogens (primary N) is 2. The minimum absolute atomic E-state index is 0.104. The van der Waals surface area contributed by atoms with Crippen molar-refractivity contribution in [1.29, 1.82) is 0 Å². The van der Waals surface area contributed by atoms with Crippen LogP contribution >= 0.6 is 0 Å². The molecule has 0 saturated heterocycles. The predicted octanol–water partition coefficient (Wildman–Crippen LogP) is -0.708. The van der Waals surface area contributed by atoms with Crippen LogP contribution in [0.5, 0.6) is 0 Å². The maximum absolute atomic E-state index is 11.3. The predicted molar refractivity (Wildman–Crippen MR) is 49.0 cm³/mol. The molecule has 6 heteroatoms. The number of anilines is 1. The highest BCUT2D eigenvalue weighted by Crippen LogP contribution is 2.11. The SMILES string of the molecule is NCc1c[nH]c2c(=O)[nH]c(N)nc12. The molecule has 0 radical (unpaired) electrons. The minimum atomic E-state index is -0.276. The van der Waals surface area contributed by atoms with Gasteiger partial charge in [-0.05, 0) is 0 Å². The molecule has 0 fully saturated rings. The quantitative estimate of drug-likeness (QED) is 0.463. The zero-order chi connectivity index (χ0) is 9.42. The van der Waals surface area contributed by atoms with Gasteiger partial charge in [-0.15, -0.1) is 0 Å². The Hall–Kier alpha value is -1.82. The zero-order valence-electron chi connectivity index (χ0n) is 6.79. The molecule has 2 heterocycles. The lowest BCUT2D eigenvalue weighted by atomic mass is 10.3. The molecule has 6 N–H and O–H groups in total. The number of rotatable bonds is 1. The average molecular weight is 179 g/mol. The highest BCUT2D eigenvalue weighted by molar-refractivity contribution is 5.78. The number of nitrogens with zero attached hydrogens (tertiary/aromatic N) is 1. The fourth-order valence-corrected chi connectivity index (χ4v) is 1.24. The Morgan fingerprint density at radius 3 is 3.00 bits per heavy atom. The van der Waals surface area contributed by atoms with E-state index in [9.17, 15) is 4.79 Å². The van der Waals surface area contributed by atoms with E-state index >= 15 is 0 Å². The van der Waals surface area contributed by atoms with E-state index in [-0.39, 0.29) is 11.5 Å². The van der Waals surface area contributed by atoms with Crippen LogP contribution in [0.4, 0.5) is 5.95 Å². The first-order chi connectivity index (χ1) is 6.22. The fraction of sp³-hybridized carbons (Fsp3) is 0.143. The molecular formula is C7H9N5O. The highest BCUT2D eigenvalue weighted by Gasteiger charge is 2.07. The second-order valence-corrected chi connectivity index (χ2v) is 2.69. The van der Waals surface area contributed by atoms with Crippen LogP contribution in [0.3, 0.4) is 0 Å². The van der Waals surface area contributed by atoms with Crippen molar-refractivity contribution >= 4 is 17.0 Å². The number of aromatic nitrogens is 3. The van der Waals surface area contributed by atoms with Gasteiger partial charge in [-0.2, -0.15) is 0 Å². The molecule has 2 aromatic rings. The number of nitrogen functional groups attached to an aromatic ring is 1. The third-order valence-corrected chi connectivity index (χ3v) is 1.85. The van der Waals surface area contributed by atoms with Gasteiger partial charge in [0.15, 0.2) is 0 Å². The first-order valence-corrected chi connectivity index (χ1v) is 3.78. The zero-order valence-corrected chi connectivity index (χ0v) is 6.79. The average Bonchev–Trinajstić information content (AvgIpc) is 2.47. The van der Waals surface area contributed by atoms with Crippen molar-refractivity contribution < 1.29 is 0 Å². The van der Waals surface area contributed by atoms with Crippen molar-refractivity contribution in [3.8, 4) is 0 Å². The summed E-state index contributed by atoms with van der Waals surface area (Å²) in [5, 5.41) is 0. The first-order valence-electron chi connectivity index (χ1n) is 3.78. The molecule has 0 aliphatic rings. The number of hydrogen-bond donors (Lipinski definition) is 4. The number of H-pyrrole nitrogens is 2. The van der Waals surface area contributed by atoms with Gasteiger partial charge in [0.2, 0.25) is 5.95 Å². The molecule has 2 aromatic heterocycles. The van der Waals surface area contributed by atoms with E-state index < -0.39 is 0 Å². The van der Waals surface area contributed by atoms with Gasteiger partial charge in [-0.3, -0.25) is 9.78 Å². The van der Waals surface area contributed by atoms with E-state index in [2.05, 4.69) is 15.0 Å². The summed E-state index contributed by atoms with van der Waals surface area (Å²) in [7, 11) is 0. The van der Waals surface area contributed by atoms with Gasteiger partial charge in [-0.25, -0.2) is 4.98 Å². The normalized spacial score (nSPS) is 10.8. The van der Waals surface area contributed by atoms with Gasteiger partial charge >= 0.3 is 0 Å². The number of hydrogen-bond acceptors (Lipinski definition) is 4. The third-order valence-electron chi connectivity index (χ3n) is 1.85. The maximum Gasteiger partial charge on any atom is 0.276 e. The monoisotopic (exact) mass is 179 g/mol. The van der Waals surface area contributed by atoms with Crippen LogP contribution in [-0.2, 0) is 6.54 Å². The Bertz CT molecular complexity index is 497. The molecule has 13 heavy (non-hydrogen) atoms. The van der Waals surface area contributed by atoms with E-state index in [1.54, 1.807) is 6.20 Å². The molecule has 0 aliphatic heterocycles. The van der Waals surface area contributed by atoms with Crippen LogP contribution in [-0.4, -0.2) is 15.0 Å². The topological polar surface area (TPSA) is 114 Å². The second kappa shape index (κ2) is 2.60. The van der Waals surface area contributed by atoms with Crippen LogP contribution < -0.4 is 17.0 Å². The molecule has 2 rings (SSSR count). The molecule has 0 bridgehead atoms. The molecule has 68 valence electrons. The summed E-state index contributed by atoms with van der Waals surface area (Å²) < 4.78 is 0. The summed E-state index contributed by atoms with van der Waals surface area (Å²) in [5.41, 5.74) is 12.3. The summed E-state index contributed by atoms with van der Waals surface area (Å²) in [6, 6.07) is 0. The molecular weight excluding hydrogens is 170 g/mol. The summed E-state index contributed by atoms with van der Waals surface area (Å²) in [5.74, 6) is 0.104. The largest absolute Gasteiger partial charge is 0.369 e. The molecule has 0 aromatic carbocycles. The lowest BCUT2D eigenvalue weighted by Gasteiger charge is -1.94. The Morgan fingerprint density at radius 1 is 1.54 bits per heavy atom. The number of fused-ring (bicyclic) bond motifs is 1. The number of aromatic amines is 2. The van der Waals surface area contributed by atoms with Crippen LogP contribution in [0.15, 0.2) is 11.0 Å². The lowest BCUT2D eigenvalue weighted by Crippen LogP contribution is -2.11. The summed E-state index contributed by atoms with van der Waals surface area (Å²) >= 11 is 0. The van der Waals surface area contributed by atoms with Gasteiger partial charge in [0, 0.05) is 18.3 Å². The molecule has 0 aliphatic carbocycles. The van der Waals surface area contributed by atoms with Crippen molar-refractivity contribution in [2.45, 2.75) is 6.54 Å². The smallest absolute Gasteiger partial charge is 0.276 e. The Morgan fingerprint density at radius 2 is 2.31 bits per heavy atom. The lowest BCUT2D eigenvalue weighted by molar-refractivity contribution is 1.07. The second-order valence-electron chi connectivity index (χ2n) is 2.69. The summed E-state index contributed by atoms with van der Waals surface area (Å²) in [6.45, 7) is 0.329. The summed E-state index contributed by atoms with van der Waals surface area (Å²) in [4.78, 5) is 20.4. The van der Waals surface area contributed by atoms with Crippen LogP contribution in [0.25, 0.3) is 11.0 Å². The minimum Gasteiger partial charge on any atom is -0.369 e. The fourth-order valence-electron chi connectivity index (χ4n) is 1.24. The van der Waals surface area contributed by atoms with Gasteiger partial charge in [0.1, 0.15) is 11.0 Å². The standard InChI is InChI=1S/C7H9N5O/c8-1-3-2-10-5-4(3)11-7(9)12-6(5)13/h2,10H,1,8H2,(H3,9,11,12,13). The van der Waals surface area contributed by atoms with Crippen molar-refractivity contribution in [3.05, 3.63) is 22.1 Å². The molecule has 0 spiro atoms. The number of nitrogens with one attached hydrogen (secondary N) is 2. The van der Waals surface area contributed by atoms with Crippen LogP contribution in [0.2, 0.25) is 0 Å². The third kappa shape index (κ3) is 1.07. The Labute approximate surface area is 73.0 Å². The van der Waals surface area contributed by atoms with E-state index in [0.29, 0.717) is 17.6 Å². The first kappa shape index (κ1) is 7.81. The van der Waals surface area contributed by atoms with Gasteiger partial charge in [0.05, 0.1) is 0 Å². The molecule has 0 amide bonds. The molecule has 0 unspecified atom stereocenters. The van der Waals surface area contributed by atoms with E-state index in [1.165, 1.54) is 0 Å². The Balaban J connectivity index is 2.90. The summed E-state index contributed by atoms with van der Waals surface area (Å²) in [6.07, 6.45) is 1.66.